The van der Waals surface area contributed by atoms with Gasteiger partial charge in [-0.3, -0.25) is 0 Å². The molecule has 0 aliphatic heterocycles. The van der Waals surface area contributed by atoms with E-state index in [0.717, 1.165) is 22.5 Å². The molecule has 4 aromatic carbocycles. The van der Waals surface area contributed by atoms with Gasteiger partial charge in [-0.25, -0.2) is 0 Å². The molecule has 0 fully saturated rings. The van der Waals surface area contributed by atoms with Gasteiger partial charge in [-0.2, -0.15) is 16.8 Å². The summed E-state index contributed by atoms with van der Waals surface area (Å²) >= 11 is 0. The molecule has 11 heteroatoms. The van der Waals surface area contributed by atoms with E-state index in [1.54, 1.807) is 72.8 Å². The maximum atomic E-state index is 12.3. The lowest BCUT2D eigenvalue weighted by Gasteiger charge is -2.06. The zero-order valence-corrected chi connectivity index (χ0v) is 21.6. The Morgan fingerprint density at radius 3 is 1.14 bits per heavy atom. The van der Waals surface area contributed by atoms with E-state index in [0.29, 0.717) is 11.4 Å². The van der Waals surface area contributed by atoms with Crippen LogP contribution < -0.4 is 5.32 Å². The van der Waals surface area contributed by atoms with Crippen LogP contribution in [0.2, 0.25) is 0 Å². The molecule has 0 saturated carbocycles. The van der Waals surface area contributed by atoms with E-state index in [1.807, 2.05) is 13.8 Å². The monoisotopic (exact) mass is 533 g/mol. The summed E-state index contributed by atoms with van der Waals surface area (Å²) in [6.07, 6.45) is 0. The van der Waals surface area contributed by atoms with Crippen molar-refractivity contribution in [3.8, 4) is 0 Å². The Labute approximate surface area is 215 Å². The van der Waals surface area contributed by atoms with Crippen LogP contribution in [0.4, 0.5) is 22.7 Å². The van der Waals surface area contributed by atoms with Crippen molar-refractivity contribution in [2.75, 3.05) is 5.32 Å². The van der Waals surface area contributed by atoms with Crippen molar-refractivity contribution in [2.45, 2.75) is 23.6 Å². The summed E-state index contributed by atoms with van der Waals surface area (Å²) in [5.74, 6) is 0. The van der Waals surface area contributed by atoms with Crippen LogP contribution in [0.5, 0.6) is 0 Å². The third kappa shape index (κ3) is 6.93. The number of nitrogens with one attached hydrogen (secondary N) is 1. The van der Waals surface area contributed by atoms with Gasteiger partial charge in [-0.1, -0.05) is 44.4 Å². The largest absolute Gasteiger partial charge is 0.356 e. The van der Waals surface area contributed by atoms with Gasteiger partial charge >= 0.3 is 0 Å². The first-order valence-electron chi connectivity index (χ1n) is 11.1. The van der Waals surface area contributed by atoms with Crippen LogP contribution in [-0.4, -0.2) is 16.8 Å². The van der Waals surface area contributed by atoms with E-state index in [1.165, 1.54) is 24.3 Å². The lowest BCUT2D eigenvalue weighted by Crippen LogP contribution is -1.95. The van der Waals surface area contributed by atoms with Crippen molar-refractivity contribution < 1.29 is 16.8 Å². The van der Waals surface area contributed by atoms with Crippen molar-refractivity contribution in [1.29, 1.82) is 0 Å². The first-order chi connectivity index (χ1) is 17.6. The van der Waals surface area contributed by atoms with Gasteiger partial charge in [0.1, 0.15) is 0 Å². The average Bonchev–Trinajstić information content (AvgIpc) is 2.88. The van der Waals surface area contributed by atoms with Gasteiger partial charge in [0.15, 0.2) is 0 Å². The van der Waals surface area contributed by atoms with E-state index in [4.69, 9.17) is 0 Å². The van der Waals surface area contributed by atoms with Gasteiger partial charge in [-0.05, 0) is 86.6 Å². The van der Waals surface area contributed by atoms with Gasteiger partial charge in [0.25, 0.3) is 20.0 Å². The molecule has 1 N–H and O–H groups in total. The quantitative estimate of drug-likeness (QED) is 0.244. The van der Waals surface area contributed by atoms with E-state index >= 15 is 0 Å². The van der Waals surface area contributed by atoms with E-state index in [-0.39, 0.29) is 9.79 Å². The molecular formula is C26H23N5O4S2. The van der Waals surface area contributed by atoms with Crippen LogP contribution in [0.1, 0.15) is 11.1 Å². The highest BCUT2D eigenvalue weighted by Gasteiger charge is 2.13. The Morgan fingerprint density at radius 1 is 0.486 bits per heavy atom. The molecule has 0 amide bonds. The molecule has 0 saturated heterocycles. The smallest absolute Gasteiger partial charge is 0.299 e. The molecule has 0 heterocycles. The van der Waals surface area contributed by atoms with Crippen molar-refractivity contribution >= 4 is 42.8 Å². The Morgan fingerprint density at radius 2 is 0.811 bits per heavy atom. The molecule has 0 aromatic heterocycles. The maximum Gasteiger partial charge on any atom is 0.299 e. The average molecular weight is 534 g/mol. The van der Waals surface area contributed by atoms with Crippen molar-refractivity contribution in [1.82, 2.24) is 0 Å². The second kappa shape index (κ2) is 10.8. The molecule has 37 heavy (non-hydrogen) atoms. The summed E-state index contributed by atoms with van der Waals surface area (Å²) in [4.78, 5) is 0.159. The number of nitrogens with zero attached hydrogens (tertiary/aromatic N) is 4. The number of hydrogen-bond acceptors (Lipinski definition) is 7. The molecule has 0 radical (unpaired) electrons. The molecule has 0 atom stereocenters. The van der Waals surface area contributed by atoms with Crippen LogP contribution in [0.25, 0.3) is 0 Å². The van der Waals surface area contributed by atoms with Gasteiger partial charge in [0.2, 0.25) is 0 Å². The molecule has 0 unspecified atom stereocenters. The number of sulfonamides is 2. The Bertz CT molecular complexity index is 1520. The Hall–Kier alpha value is -4.22. The van der Waals surface area contributed by atoms with Gasteiger partial charge in [0, 0.05) is 11.4 Å². The first-order valence-corrected chi connectivity index (χ1v) is 14.0. The normalized spacial score (nSPS) is 12.3. The summed E-state index contributed by atoms with van der Waals surface area (Å²) in [7, 11) is -7.76. The zero-order chi connectivity index (χ0) is 26.5. The predicted molar refractivity (Wildman–Crippen MR) is 142 cm³/mol. The lowest BCUT2D eigenvalue weighted by atomic mass is 10.2. The van der Waals surface area contributed by atoms with Crippen LogP contribution >= 0.6 is 0 Å². The number of aryl methyl sites for hydroxylation is 2. The lowest BCUT2D eigenvalue weighted by molar-refractivity contribution is 0.594. The number of anilines is 2. The Kier molecular flexibility index (Phi) is 7.55. The summed E-state index contributed by atoms with van der Waals surface area (Å²) in [6.45, 7) is 3.74. The minimum Gasteiger partial charge on any atom is -0.356 e. The second-order valence-corrected chi connectivity index (χ2v) is 11.3. The first kappa shape index (κ1) is 25.9. The fourth-order valence-corrected chi connectivity index (χ4v) is 4.66. The van der Waals surface area contributed by atoms with Crippen molar-refractivity contribution in [3.63, 3.8) is 0 Å². The van der Waals surface area contributed by atoms with Gasteiger partial charge in [0.05, 0.1) is 21.2 Å². The summed E-state index contributed by atoms with van der Waals surface area (Å²) in [6, 6.07) is 26.2. The minimum absolute atomic E-state index is 0.0795. The molecule has 0 aliphatic carbocycles. The van der Waals surface area contributed by atoms with Crippen LogP contribution in [0.3, 0.4) is 0 Å². The fraction of sp³-hybridized carbons (Fsp3) is 0.0769. The summed E-state index contributed by atoms with van der Waals surface area (Å²) in [5, 5.41) is 10.9. The number of benzene rings is 4. The molecule has 9 nitrogen and oxygen atoms in total. The highest BCUT2D eigenvalue weighted by atomic mass is 32.2. The van der Waals surface area contributed by atoms with E-state index in [9.17, 15) is 16.8 Å². The van der Waals surface area contributed by atoms with Crippen molar-refractivity contribution in [2.24, 2.45) is 19.3 Å². The highest BCUT2D eigenvalue weighted by molar-refractivity contribution is 7.90. The third-order valence-corrected chi connectivity index (χ3v) is 7.52. The zero-order valence-electron chi connectivity index (χ0n) is 20.0. The topological polar surface area (TPSA) is 130 Å². The van der Waals surface area contributed by atoms with Crippen LogP contribution in [-0.2, 0) is 20.0 Å². The highest BCUT2D eigenvalue weighted by Crippen LogP contribution is 2.25. The second-order valence-electron chi connectivity index (χ2n) is 8.16. The summed E-state index contributed by atoms with van der Waals surface area (Å²) in [5.41, 5.74) is 4.13. The molecule has 0 bridgehead atoms. The fourth-order valence-electron chi connectivity index (χ4n) is 3.11. The third-order valence-electron chi connectivity index (χ3n) is 5.19. The Balaban J connectivity index is 1.38. The van der Waals surface area contributed by atoms with E-state index in [2.05, 4.69) is 24.6 Å². The van der Waals surface area contributed by atoms with Crippen LogP contribution in [0.15, 0.2) is 126 Å². The van der Waals surface area contributed by atoms with Gasteiger partial charge < -0.3 is 5.32 Å². The van der Waals surface area contributed by atoms with E-state index < -0.39 is 20.0 Å². The van der Waals surface area contributed by atoms with Crippen LogP contribution in [0, 0.1) is 13.8 Å². The molecule has 4 rings (SSSR count). The maximum absolute atomic E-state index is 12.3. The SMILES string of the molecule is Cc1ccc(S(=O)(=O)N=Nc2ccc(Nc3ccc(N=NS(=O)(=O)c4ccc(C)cc4)cc3)cc2)cc1. The van der Waals surface area contributed by atoms with Crippen molar-refractivity contribution in [3.05, 3.63) is 108 Å². The molecule has 188 valence electrons. The standard InChI is InChI=1S/C26H23N5O4S2/c1-19-3-15-25(16-4-19)36(32,33)30-28-23-11-7-21(8-12-23)27-22-9-13-24(14-10-22)29-31-37(34,35)26-17-5-20(2)6-18-26/h3-18,27H,1-2H3. The number of rotatable bonds is 8. The van der Waals surface area contributed by atoms with Gasteiger partial charge in [-0.15, -0.1) is 10.2 Å². The molecule has 0 aliphatic rings. The molecule has 4 aromatic rings. The molecular weight excluding hydrogens is 510 g/mol. The predicted octanol–water partition coefficient (Wildman–Crippen LogP) is 6.99. The molecule has 0 spiro atoms. The summed E-state index contributed by atoms with van der Waals surface area (Å²) < 4.78 is 56.3. The number of hydrogen-bond donors (Lipinski definition) is 1. The minimum atomic E-state index is -3.88.